The Balaban J connectivity index is 2.64. The molecule has 0 aliphatic rings. The van der Waals surface area contributed by atoms with E-state index < -0.39 is 0 Å². The van der Waals surface area contributed by atoms with E-state index in [-0.39, 0.29) is 6.61 Å². The first kappa shape index (κ1) is 11.2. The van der Waals surface area contributed by atoms with Crippen LogP contribution in [0.2, 0.25) is 5.02 Å². The first-order valence-corrected chi connectivity index (χ1v) is 4.99. The molecule has 0 atom stereocenters. The third-order valence-corrected chi connectivity index (χ3v) is 2.05. The van der Waals surface area contributed by atoms with Gasteiger partial charge >= 0.3 is 0 Å². The van der Waals surface area contributed by atoms with E-state index in [9.17, 15) is 0 Å². The van der Waals surface area contributed by atoms with Gasteiger partial charge in [-0.1, -0.05) is 11.6 Å². The quantitative estimate of drug-likeness (QED) is 0.806. The molecule has 0 aromatic carbocycles. The van der Waals surface area contributed by atoms with Crippen molar-refractivity contribution in [3.05, 3.63) is 17.4 Å². The molecule has 1 rings (SSSR count). The largest absolute Gasteiger partial charge is 0.396 e. The predicted octanol–water partition coefficient (Wildman–Crippen LogP) is 1.34. The molecule has 1 heterocycles. The number of aliphatic hydroxyl groups excluding tert-OH is 1. The number of hydrogen-bond acceptors (Lipinski definition) is 4. The van der Waals surface area contributed by atoms with Crippen LogP contribution in [0, 0.1) is 0 Å². The molecule has 0 saturated carbocycles. The topological polar surface area (TPSA) is 49.2 Å². The Hall–Kier alpha value is -0.870. The summed E-state index contributed by atoms with van der Waals surface area (Å²) in [6.07, 6.45) is 3.87. The molecule has 5 heteroatoms. The summed E-state index contributed by atoms with van der Waals surface area (Å²) in [5.74, 6) is 0.658. The van der Waals surface area contributed by atoms with Crippen molar-refractivity contribution in [2.45, 2.75) is 13.3 Å². The predicted molar refractivity (Wildman–Crippen MR) is 56.6 cm³/mol. The number of hydrogen-bond donors (Lipinski definition) is 1. The van der Waals surface area contributed by atoms with E-state index in [1.165, 1.54) is 0 Å². The van der Waals surface area contributed by atoms with Gasteiger partial charge in [0.1, 0.15) is 0 Å². The molecule has 0 unspecified atom stereocenters. The normalized spacial score (nSPS) is 10.2. The minimum Gasteiger partial charge on any atom is -0.396 e. The Kier molecular flexibility index (Phi) is 4.62. The molecule has 0 fully saturated rings. The Labute approximate surface area is 88.6 Å². The SMILES string of the molecule is CCN(CCCO)c1ncc(Cl)cn1. The van der Waals surface area contributed by atoms with Gasteiger partial charge in [0.05, 0.1) is 17.4 Å². The van der Waals surface area contributed by atoms with Crippen molar-refractivity contribution in [3.63, 3.8) is 0 Å². The Morgan fingerprint density at radius 2 is 2.07 bits per heavy atom. The lowest BCUT2D eigenvalue weighted by atomic mass is 10.4. The second kappa shape index (κ2) is 5.78. The highest BCUT2D eigenvalue weighted by Gasteiger charge is 2.05. The molecule has 0 amide bonds. The average Bonchev–Trinajstić information content (AvgIpc) is 2.21. The average molecular weight is 216 g/mol. The van der Waals surface area contributed by atoms with E-state index in [2.05, 4.69) is 9.97 Å². The van der Waals surface area contributed by atoms with Crippen LogP contribution in [0.3, 0.4) is 0 Å². The van der Waals surface area contributed by atoms with Gasteiger partial charge in [0.2, 0.25) is 5.95 Å². The van der Waals surface area contributed by atoms with Crippen molar-refractivity contribution in [2.75, 3.05) is 24.6 Å². The minimum atomic E-state index is 0.185. The van der Waals surface area contributed by atoms with E-state index in [1.54, 1.807) is 12.4 Å². The summed E-state index contributed by atoms with van der Waals surface area (Å²) in [6, 6.07) is 0. The molecule has 0 saturated heterocycles. The Bertz CT molecular complexity index is 265. The zero-order chi connectivity index (χ0) is 10.4. The summed E-state index contributed by atoms with van der Waals surface area (Å²) in [7, 11) is 0. The number of anilines is 1. The molecule has 14 heavy (non-hydrogen) atoms. The number of nitrogens with zero attached hydrogens (tertiary/aromatic N) is 3. The minimum absolute atomic E-state index is 0.185. The van der Waals surface area contributed by atoms with Gasteiger partial charge in [-0.15, -0.1) is 0 Å². The van der Waals surface area contributed by atoms with Gasteiger partial charge in [-0.3, -0.25) is 0 Å². The Morgan fingerprint density at radius 3 is 2.57 bits per heavy atom. The molecule has 4 nitrogen and oxygen atoms in total. The summed E-state index contributed by atoms with van der Waals surface area (Å²) in [5.41, 5.74) is 0. The van der Waals surface area contributed by atoms with Crippen LogP contribution in [-0.4, -0.2) is 34.8 Å². The highest BCUT2D eigenvalue weighted by Crippen LogP contribution is 2.10. The maximum Gasteiger partial charge on any atom is 0.225 e. The standard InChI is InChI=1S/C9H14ClN3O/c1-2-13(4-3-5-14)9-11-6-8(10)7-12-9/h6-7,14H,2-5H2,1H3. The van der Waals surface area contributed by atoms with Gasteiger partial charge in [-0.25, -0.2) is 9.97 Å². The van der Waals surface area contributed by atoms with Crippen molar-refractivity contribution < 1.29 is 5.11 Å². The maximum absolute atomic E-state index is 8.71. The van der Waals surface area contributed by atoms with Crippen molar-refractivity contribution in [2.24, 2.45) is 0 Å². The Morgan fingerprint density at radius 1 is 1.43 bits per heavy atom. The lowest BCUT2D eigenvalue weighted by Crippen LogP contribution is -2.26. The fourth-order valence-electron chi connectivity index (χ4n) is 1.13. The smallest absolute Gasteiger partial charge is 0.225 e. The molecule has 0 bridgehead atoms. The van der Waals surface area contributed by atoms with Crippen LogP contribution in [0.25, 0.3) is 0 Å². The number of rotatable bonds is 5. The van der Waals surface area contributed by atoms with Gasteiger partial charge in [0.15, 0.2) is 0 Å². The second-order valence-corrected chi connectivity index (χ2v) is 3.29. The summed E-state index contributed by atoms with van der Waals surface area (Å²) in [6.45, 7) is 3.79. The number of halogens is 1. The first-order valence-electron chi connectivity index (χ1n) is 4.61. The van der Waals surface area contributed by atoms with E-state index in [0.29, 0.717) is 11.0 Å². The maximum atomic E-state index is 8.71. The van der Waals surface area contributed by atoms with Crippen LogP contribution in [0.4, 0.5) is 5.95 Å². The van der Waals surface area contributed by atoms with Gasteiger partial charge < -0.3 is 10.0 Å². The fourth-order valence-corrected chi connectivity index (χ4v) is 1.23. The van der Waals surface area contributed by atoms with E-state index in [0.717, 1.165) is 19.5 Å². The first-order chi connectivity index (χ1) is 6.77. The molecular weight excluding hydrogens is 202 g/mol. The molecule has 0 aliphatic carbocycles. The van der Waals surface area contributed by atoms with Crippen LogP contribution >= 0.6 is 11.6 Å². The highest BCUT2D eigenvalue weighted by molar-refractivity contribution is 6.30. The summed E-state index contributed by atoms with van der Waals surface area (Å²) in [5, 5.41) is 9.25. The monoisotopic (exact) mass is 215 g/mol. The molecule has 1 N–H and O–H groups in total. The van der Waals surface area contributed by atoms with Gasteiger partial charge in [-0.05, 0) is 13.3 Å². The molecule has 1 aromatic rings. The van der Waals surface area contributed by atoms with Gasteiger partial charge in [0.25, 0.3) is 0 Å². The second-order valence-electron chi connectivity index (χ2n) is 2.86. The van der Waals surface area contributed by atoms with Crippen LogP contribution in [0.5, 0.6) is 0 Å². The van der Waals surface area contributed by atoms with Crippen LogP contribution in [-0.2, 0) is 0 Å². The summed E-state index contributed by atoms with van der Waals surface area (Å²) >= 11 is 5.68. The zero-order valence-electron chi connectivity index (χ0n) is 8.15. The summed E-state index contributed by atoms with van der Waals surface area (Å²) in [4.78, 5) is 10.2. The molecule has 1 aromatic heterocycles. The third-order valence-electron chi connectivity index (χ3n) is 1.86. The van der Waals surface area contributed by atoms with E-state index in [1.807, 2.05) is 11.8 Å². The molecule has 0 aliphatic heterocycles. The van der Waals surface area contributed by atoms with Crippen molar-refractivity contribution in [1.29, 1.82) is 0 Å². The number of aliphatic hydroxyl groups is 1. The van der Waals surface area contributed by atoms with Crippen LogP contribution in [0.15, 0.2) is 12.4 Å². The highest BCUT2D eigenvalue weighted by atomic mass is 35.5. The van der Waals surface area contributed by atoms with Crippen LogP contribution in [0.1, 0.15) is 13.3 Å². The molecule has 78 valence electrons. The van der Waals surface area contributed by atoms with Gasteiger partial charge in [-0.2, -0.15) is 0 Å². The van der Waals surface area contributed by atoms with Crippen molar-refractivity contribution in [1.82, 2.24) is 9.97 Å². The lowest BCUT2D eigenvalue weighted by molar-refractivity contribution is 0.289. The van der Waals surface area contributed by atoms with E-state index in [4.69, 9.17) is 16.7 Å². The number of aromatic nitrogens is 2. The molecule has 0 radical (unpaired) electrons. The zero-order valence-corrected chi connectivity index (χ0v) is 8.91. The van der Waals surface area contributed by atoms with Crippen LogP contribution < -0.4 is 4.90 Å². The molecule has 0 spiro atoms. The lowest BCUT2D eigenvalue weighted by Gasteiger charge is -2.19. The van der Waals surface area contributed by atoms with Gasteiger partial charge in [0, 0.05) is 19.7 Å². The molecular formula is C9H14ClN3O. The van der Waals surface area contributed by atoms with Crippen molar-refractivity contribution >= 4 is 17.5 Å². The summed E-state index contributed by atoms with van der Waals surface area (Å²) < 4.78 is 0. The van der Waals surface area contributed by atoms with E-state index >= 15 is 0 Å². The third kappa shape index (κ3) is 3.12. The van der Waals surface area contributed by atoms with Crippen molar-refractivity contribution in [3.8, 4) is 0 Å². The fraction of sp³-hybridized carbons (Fsp3) is 0.556.